The van der Waals surface area contributed by atoms with Crippen molar-refractivity contribution >= 4 is 17.5 Å². The average molecular weight is 540 g/mol. The van der Waals surface area contributed by atoms with Gasteiger partial charge in [-0.25, -0.2) is 0 Å². The highest BCUT2D eigenvalue weighted by molar-refractivity contribution is 6.04. The summed E-state index contributed by atoms with van der Waals surface area (Å²) in [5.41, 5.74) is -1.68. The Morgan fingerprint density at radius 3 is 2.10 bits per heavy atom. The molecule has 0 aromatic carbocycles. The SMILES string of the molecule is CCCC(C)(C)CC[C@@](C)(CCC(C)(C)[C@]1(C)CC[C@H]2C(C)(C)C(=O)C(C#N)=C[C@]2(C)/C1=C/C(C)=O)C(=O)O. The van der Waals surface area contributed by atoms with Gasteiger partial charge in [-0.05, 0) is 87.0 Å². The van der Waals surface area contributed by atoms with Crippen LogP contribution in [0.1, 0.15) is 128 Å². The second-order valence-corrected chi connectivity index (χ2v) is 15.3. The first kappa shape index (κ1) is 33.0. The van der Waals surface area contributed by atoms with Crippen LogP contribution in [0.3, 0.4) is 0 Å². The van der Waals surface area contributed by atoms with Gasteiger partial charge in [-0.3, -0.25) is 14.4 Å². The van der Waals surface area contributed by atoms with E-state index in [1.54, 1.807) is 13.0 Å². The Kier molecular flexibility index (Phi) is 9.29. The van der Waals surface area contributed by atoms with Crippen molar-refractivity contribution in [2.24, 2.45) is 38.4 Å². The molecule has 0 saturated heterocycles. The van der Waals surface area contributed by atoms with Gasteiger partial charge in [0.05, 0.1) is 11.0 Å². The molecule has 0 radical (unpaired) electrons. The van der Waals surface area contributed by atoms with Gasteiger partial charge < -0.3 is 5.11 Å². The molecular weight excluding hydrogens is 486 g/mol. The molecule has 5 nitrogen and oxygen atoms in total. The van der Waals surface area contributed by atoms with Crippen molar-refractivity contribution in [2.45, 2.75) is 128 Å². The number of aliphatic carboxylic acids is 1. The lowest BCUT2D eigenvalue weighted by Gasteiger charge is -2.61. The van der Waals surface area contributed by atoms with E-state index in [2.05, 4.69) is 54.5 Å². The van der Waals surface area contributed by atoms with Gasteiger partial charge in [0.2, 0.25) is 0 Å². The van der Waals surface area contributed by atoms with Crippen LogP contribution in [0.4, 0.5) is 0 Å². The summed E-state index contributed by atoms with van der Waals surface area (Å²) >= 11 is 0. The fourth-order valence-corrected chi connectivity index (χ4v) is 7.73. The molecule has 2 rings (SSSR count). The molecule has 2 aliphatic carbocycles. The highest BCUT2D eigenvalue weighted by Gasteiger charge is 2.61. The van der Waals surface area contributed by atoms with E-state index < -0.39 is 27.6 Å². The van der Waals surface area contributed by atoms with Crippen molar-refractivity contribution in [3.63, 3.8) is 0 Å². The second-order valence-electron chi connectivity index (χ2n) is 15.3. The lowest BCUT2D eigenvalue weighted by molar-refractivity contribution is -0.150. The van der Waals surface area contributed by atoms with Crippen molar-refractivity contribution < 1.29 is 19.5 Å². The molecule has 0 aromatic rings. The standard InChI is InChI=1S/C34H53NO4/c1-12-14-29(3,4)16-18-32(9,28(38)39)19-17-30(5,6)34(11)15-13-25-31(7,8)27(37)24(22-35)21-33(25,10)26(34)20-23(2)36/h20-21,25H,12-19H2,1-11H3,(H,38,39)/b26-20-/t25-,32-,33-,34+/m0/s1. The Morgan fingerprint density at radius 1 is 1.05 bits per heavy atom. The average Bonchev–Trinajstić information content (AvgIpc) is 2.81. The minimum atomic E-state index is -0.836. The van der Waals surface area contributed by atoms with E-state index >= 15 is 0 Å². The van der Waals surface area contributed by atoms with Crippen LogP contribution in [-0.2, 0) is 14.4 Å². The number of Topliss-reactive ketones (excluding diaryl/α,β-unsaturated/α-hetero) is 1. The number of fused-ring (bicyclic) bond motifs is 1. The second kappa shape index (κ2) is 11.0. The molecule has 0 bridgehead atoms. The minimum absolute atomic E-state index is 0.0332. The molecule has 0 amide bonds. The van der Waals surface area contributed by atoms with Crippen LogP contribution in [0, 0.1) is 49.7 Å². The van der Waals surface area contributed by atoms with Crippen molar-refractivity contribution in [1.29, 1.82) is 5.26 Å². The quantitative estimate of drug-likeness (QED) is 0.266. The maximum atomic E-state index is 13.2. The first-order chi connectivity index (χ1) is 17.6. The van der Waals surface area contributed by atoms with Gasteiger partial charge in [0.25, 0.3) is 0 Å². The fourth-order valence-electron chi connectivity index (χ4n) is 7.73. The number of rotatable bonds is 11. The van der Waals surface area contributed by atoms with Gasteiger partial charge >= 0.3 is 5.97 Å². The Morgan fingerprint density at radius 2 is 1.62 bits per heavy atom. The van der Waals surface area contributed by atoms with Gasteiger partial charge in [-0.1, -0.05) is 80.4 Å². The zero-order chi connectivity index (χ0) is 30.2. The number of allylic oxidation sites excluding steroid dienone is 4. The Hall–Kier alpha value is -2.22. The van der Waals surface area contributed by atoms with Gasteiger partial charge in [-0.2, -0.15) is 5.26 Å². The maximum Gasteiger partial charge on any atom is 0.309 e. The van der Waals surface area contributed by atoms with Gasteiger partial charge in [0.15, 0.2) is 11.6 Å². The van der Waals surface area contributed by atoms with E-state index in [9.17, 15) is 24.8 Å². The van der Waals surface area contributed by atoms with Crippen molar-refractivity contribution in [2.75, 3.05) is 0 Å². The molecule has 0 unspecified atom stereocenters. The number of carboxylic acid groups (broad SMARTS) is 1. The first-order valence-electron chi connectivity index (χ1n) is 14.8. The summed E-state index contributed by atoms with van der Waals surface area (Å²) in [6, 6.07) is 2.13. The topological polar surface area (TPSA) is 95.2 Å². The molecule has 1 saturated carbocycles. The number of carbonyl (C=O) groups is 3. The highest BCUT2D eigenvalue weighted by Crippen LogP contribution is 2.67. The summed E-state index contributed by atoms with van der Waals surface area (Å²) in [5, 5.41) is 20.2. The minimum Gasteiger partial charge on any atom is -0.481 e. The highest BCUT2D eigenvalue weighted by atomic mass is 16.4. The first-order valence-corrected chi connectivity index (χ1v) is 14.8. The number of ketones is 2. The number of nitriles is 1. The molecule has 0 spiro atoms. The Balaban J connectivity index is 2.53. The van der Waals surface area contributed by atoms with Gasteiger partial charge in [-0.15, -0.1) is 0 Å². The van der Waals surface area contributed by atoms with Crippen molar-refractivity contribution in [1.82, 2.24) is 0 Å². The Bertz CT molecular complexity index is 1100. The lowest BCUT2D eigenvalue weighted by Crippen LogP contribution is -2.55. The van der Waals surface area contributed by atoms with E-state index in [1.165, 1.54) is 0 Å². The molecule has 2 aliphatic rings. The Labute approximate surface area is 237 Å². The fraction of sp³-hybridized carbons (Fsp3) is 0.765. The molecule has 218 valence electrons. The van der Waals surface area contributed by atoms with Crippen LogP contribution in [0.25, 0.3) is 0 Å². The zero-order valence-electron chi connectivity index (χ0n) is 26.5. The summed E-state index contributed by atoms with van der Waals surface area (Å²) in [6.45, 7) is 22.6. The van der Waals surface area contributed by atoms with Crippen LogP contribution < -0.4 is 0 Å². The van der Waals surface area contributed by atoms with E-state index in [1.807, 2.05) is 26.8 Å². The number of carbonyl (C=O) groups excluding carboxylic acids is 2. The van der Waals surface area contributed by atoms with Gasteiger partial charge in [0, 0.05) is 10.8 Å². The van der Waals surface area contributed by atoms with E-state index in [-0.39, 0.29) is 33.9 Å². The maximum absolute atomic E-state index is 13.2. The van der Waals surface area contributed by atoms with Crippen LogP contribution in [0.2, 0.25) is 0 Å². The van der Waals surface area contributed by atoms with Crippen LogP contribution in [0.5, 0.6) is 0 Å². The third kappa shape index (κ3) is 6.10. The number of nitrogens with zero attached hydrogens (tertiary/aromatic N) is 1. The molecule has 0 heterocycles. The molecule has 1 N–H and O–H groups in total. The predicted octanol–water partition coefficient (Wildman–Crippen LogP) is 8.49. The molecule has 1 fully saturated rings. The third-order valence-corrected chi connectivity index (χ3v) is 11.0. The molecule has 4 atom stereocenters. The van der Waals surface area contributed by atoms with Crippen LogP contribution in [-0.4, -0.2) is 22.6 Å². The smallest absolute Gasteiger partial charge is 0.309 e. The van der Waals surface area contributed by atoms with Crippen LogP contribution >= 0.6 is 0 Å². The monoisotopic (exact) mass is 539 g/mol. The zero-order valence-corrected chi connectivity index (χ0v) is 26.5. The summed E-state index contributed by atoms with van der Waals surface area (Å²) in [6.07, 6.45) is 10.0. The third-order valence-electron chi connectivity index (χ3n) is 11.0. The van der Waals surface area contributed by atoms with Crippen LogP contribution in [0.15, 0.2) is 23.3 Å². The summed E-state index contributed by atoms with van der Waals surface area (Å²) < 4.78 is 0. The molecule has 39 heavy (non-hydrogen) atoms. The predicted molar refractivity (Wildman–Crippen MR) is 157 cm³/mol. The van der Waals surface area contributed by atoms with E-state index in [0.717, 1.165) is 37.7 Å². The summed E-state index contributed by atoms with van der Waals surface area (Å²) in [7, 11) is 0. The van der Waals surface area contributed by atoms with Crippen molar-refractivity contribution in [3.8, 4) is 6.07 Å². The number of hydrogen-bond donors (Lipinski definition) is 1. The normalized spacial score (nSPS) is 29.7. The van der Waals surface area contributed by atoms with E-state index in [0.29, 0.717) is 19.3 Å². The molecular formula is C34H53NO4. The summed E-state index contributed by atoms with van der Waals surface area (Å²) in [4.78, 5) is 38.4. The molecule has 0 aliphatic heterocycles. The number of carboxylic acids is 1. The number of hydrogen-bond acceptors (Lipinski definition) is 4. The molecule has 5 heteroatoms. The lowest BCUT2D eigenvalue weighted by atomic mass is 9.42. The van der Waals surface area contributed by atoms with Gasteiger partial charge in [0.1, 0.15) is 6.07 Å². The largest absolute Gasteiger partial charge is 0.481 e. The van der Waals surface area contributed by atoms with Crippen molar-refractivity contribution in [3.05, 3.63) is 23.3 Å². The molecule has 0 aromatic heterocycles. The summed E-state index contributed by atoms with van der Waals surface area (Å²) in [5.74, 6) is -0.959. The van der Waals surface area contributed by atoms with E-state index in [4.69, 9.17) is 0 Å².